The van der Waals surface area contributed by atoms with Crippen molar-refractivity contribution in [3.05, 3.63) is 45.2 Å². The molecule has 6 aromatic heterocycles. The van der Waals surface area contributed by atoms with Gasteiger partial charge in [0.1, 0.15) is 23.3 Å². The molecule has 0 radical (unpaired) electrons. The van der Waals surface area contributed by atoms with Gasteiger partial charge in [0.25, 0.3) is 0 Å². The SMILES string of the molecule is CCCCCCCCOC(=O)/C(C#N)=C\c1cc2c(s1)c1sc(-c3cc4c(s3)c3sc(/C=C(\C#N)C(=O)OCCCCCCCC)cc3n4CC(CC)CCCC)cc1n2CC(CC)CCCC. The van der Waals surface area contributed by atoms with E-state index in [1.807, 2.05) is 22.7 Å². The van der Waals surface area contributed by atoms with Gasteiger partial charge in [-0.2, -0.15) is 10.5 Å². The van der Waals surface area contributed by atoms with Gasteiger partial charge >= 0.3 is 11.9 Å². The van der Waals surface area contributed by atoms with Crippen LogP contribution in [0.15, 0.2) is 35.4 Å². The van der Waals surface area contributed by atoms with E-state index in [-0.39, 0.29) is 11.1 Å². The molecule has 0 aromatic carbocycles. The van der Waals surface area contributed by atoms with Crippen molar-refractivity contribution in [3.63, 3.8) is 0 Å². The molecule has 0 aliphatic heterocycles. The average Bonchev–Trinajstić information content (AvgIpc) is 4.21. The van der Waals surface area contributed by atoms with E-state index in [9.17, 15) is 20.1 Å². The van der Waals surface area contributed by atoms with Crippen LogP contribution in [0.1, 0.15) is 180 Å². The number of nitrogens with zero attached hydrogens (tertiary/aromatic N) is 4. The van der Waals surface area contributed by atoms with E-state index in [1.54, 1.807) is 34.8 Å². The highest BCUT2D eigenvalue weighted by molar-refractivity contribution is 7.33. The van der Waals surface area contributed by atoms with Crippen molar-refractivity contribution in [1.82, 2.24) is 9.13 Å². The molecule has 6 heterocycles. The fourth-order valence-corrected chi connectivity index (χ4v) is 14.1. The number of nitriles is 2. The van der Waals surface area contributed by atoms with Crippen molar-refractivity contribution in [2.24, 2.45) is 11.8 Å². The zero-order chi connectivity index (χ0) is 48.4. The van der Waals surface area contributed by atoms with E-state index in [2.05, 4.69) is 87.1 Å². The largest absolute Gasteiger partial charge is 0.462 e. The van der Waals surface area contributed by atoms with Gasteiger partial charge < -0.3 is 18.6 Å². The number of hydrogen-bond donors (Lipinski definition) is 0. The molecule has 0 saturated carbocycles. The smallest absolute Gasteiger partial charge is 0.348 e. The summed E-state index contributed by atoms with van der Waals surface area (Å²) in [5.41, 5.74) is 4.88. The summed E-state index contributed by atoms with van der Waals surface area (Å²) in [6, 6.07) is 13.4. The van der Waals surface area contributed by atoms with Crippen molar-refractivity contribution in [1.29, 1.82) is 10.5 Å². The molecular formula is C56H74N4O4S4. The van der Waals surface area contributed by atoms with Crippen LogP contribution in [0.5, 0.6) is 0 Å². The van der Waals surface area contributed by atoms with Gasteiger partial charge in [0.15, 0.2) is 0 Å². The Hall–Kier alpha value is -4.20. The van der Waals surface area contributed by atoms with Gasteiger partial charge in [0.2, 0.25) is 0 Å². The van der Waals surface area contributed by atoms with Crippen LogP contribution in [0, 0.1) is 34.5 Å². The highest BCUT2D eigenvalue weighted by Crippen LogP contribution is 2.49. The Morgan fingerprint density at radius 3 is 1.24 bits per heavy atom. The molecule has 2 atom stereocenters. The summed E-state index contributed by atoms with van der Waals surface area (Å²) in [4.78, 5) is 30.4. The molecule has 0 amide bonds. The standard InChI is InChI=1S/C56H74N4O4S4/c1-7-13-17-19-21-23-27-63-55(61)41(35-57)29-43-31-45-51(65-43)53-47(59(45)37-39(11-5)25-15-9-3)33-49(67-53)50-34-48-54(68-50)52-46(60(48)38-40(12-6)26-16-10-4)32-44(66-52)30-42(36-58)56(62)64-28-24-22-20-18-14-8-2/h29-34,39-40H,7-28,37-38H2,1-6H3/b41-29-,42-30+. The fraction of sp³-hybridized carbons (Fsp3) is 0.571. The van der Waals surface area contributed by atoms with Crippen molar-refractivity contribution in [2.75, 3.05) is 13.2 Å². The molecule has 2 unspecified atom stereocenters. The van der Waals surface area contributed by atoms with Crippen molar-refractivity contribution >= 4 is 110 Å². The molecule has 0 aliphatic carbocycles. The lowest BCUT2D eigenvalue weighted by molar-refractivity contribution is -0.139. The maximum atomic E-state index is 13.1. The van der Waals surface area contributed by atoms with E-state index in [0.29, 0.717) is 25.0 Å². The first-order valence-electron chi connectivity index (χ1n) is 25.9. The number of hydrogen-bond acceptors (Lipinski definition) is 10. The van der Waals surface area contributed by atoms with Crippen molar-refractivity contribution in [3.8, 4) is 21.9 Å². The summed E-state index contributed by atoms with van der Waals surface area (Å²) in [6.07, 6.45) is 25.9. The summed E-state index contributed by atoms with van der Waals surface area (Å²) in [5.74, 6) is -0.0267. The number of rotatable bonds is 31. The van der Waals surface area contributed by atoms with Crippen LogP contribution in [-0.4, -0.2) is 34.3 Å². The van der Waals surface area contributed by atoms with Gasteiger partial charge in [-0.15, -0.1) is 45.3 Å². The second kappa shape index (κ2) is 27.3. The molecule has 366 valence electrons. The molecule has 6 aromatic rings. The van der Waals surface area contributed by atoms with Crippen LogP contribution in [-0.2, 0) is 32.2 Å². The lowest BCUT2D eigenvalue weighted by atomic mass is 9.99. The Morgan fingerprint density at radius 1 is 0.515 bits per heavy atom. The number of thiophene rings is 4. The van der Waals surface area contributed by atoms with E-state index in [4.69, 9.17) is 9.47 Å². The molecule has 0 bridgehead atoms. The summed E-state index contributed by atoms with van der Waals surface area (Å²) in [7, 11) is 0. The highest BCUT2D eigenvalue weighted by atomic mass is 32.1. The van der Waals surface area contributed by atoms with Gasteiger partial charge in [-0.05, 0) is 73.9 Å². The van der Waals surface area contributed by atoms with Gasteiger partial charge in [0.05, 0.1) is 54.1 Å². The third-order valence-electron chi connectivity index (χ3n) is 13.4. The molecule has 68 heavy (non-hydrogen) atoms. The normalized spacial score (nSPS) is 13.2. The van der Waals surface area contributed by atoms with E-state index >= 15 is 0 Å². The van der Waals surface area contributed by atoms with Crippen LogP contribution in [0.4, 0.5) is 0 Å². The minimum Gasteiger partial charge on any atom is -0.462 e. The number of carbonyl (C=O) groups is 2. The second-order valence-corrected chi connectivity index (χ2v) is 22.8. The summed E-state index contributed by atoms with van der Waals surface area (Å²) in [5, 5.41) is 20.2. The van der Waals surface area contributed by atoms with E-state index < -0.39 is 11.9 Å². The fourth-order valence-electron chi connectivity index (χ4n) is 9.21. The highest BCUT2D eigenvalue weighted by Gasteiger charge is 2.25. The minimum absolute atomic E-state index is 0.0421. The molecule has 0 fully saturated rings. The number of fused-ring (bicyclic) bond motifs is 6. The molecule has 8 nitrogen and oxygen atoms in total. The minimum atomic E-state index is -0.546. The first-order chi connectivity index (χ1) is 33.2. The first kappa shape index (κ1) is 53.2. The quantitative estimate of drug-likeness (QED) is 0.0186. The Kier molecular flexibility index (Phi) is 21.3. The maximum absolute atomic E-state index is 13.1. The average molecular weight is 995 g/mol. The summed E-state index contributed by atoms with van der Waals surface area (Å²) in [6.45, 7) is 16.0. The van der Waals surface area contributed by atoms with Gasteiger partial charge in [-0.1, -0.05) is 144 Å². The van der Waals surface area contributed by atoms with Crippen LogP contribution < -0.4 is 0 Å². The molecule has 6 rings (SSSR count). The monoisotopic (exact) mass is 994 g/mol. The zero-order valence-corrected chi connectivity index (χ0v) is 44.9. The number of ether oxygens (including phenoxy) is 2. The number of carbonyl (C=O) groups excluding carboxylic acids is 2. The molecule has 12 heteroatoms. The molecule has 0 saturated heterocycles. The van der Waals surface area contributed by atoms with Gasteiger partial charge in [-0.3, -0.25) is 0 Å². The van der Waals surface area contributed by atoms with Crippen LogP contribution >= 0.6 is 45.3 Å². The molecule has 0 N–H and O–H groups in total. The number of aromatic nitrogens is 2. The summed E-state index contributed by atoms with van der Waals surface area (Å²) >= 11 is 6.96. The lowest BCUT2D eigenvalue weighted by Gasteiger charge is -2.16. The lowest BCUT2D eigenvalue weighted by Crippen LogP contribution is -2.09. The Bertz CT molecular complexity index is 2530. The Morgan fingerprint density at radius 2 is 0.868 bits per heavy atom. The van der Waals surface area contributed by atoms with E-state index in [1.165, 1.54) is 117 Å². The number of unbranched alkanes of at least 4 members (excludes halogenated alkanes) is 12. The molecule has 0 spiro atoms. The second-order valence-electron chi connectivity index (χ2n) is 18.6. The van der Waals surface area contributed by atoms with Crippen LogP contribution in [0.3, 0.4) is 0 Å². The summed E-state index contributed by atoms with van der Waals surface area (Å²) < 4.78 is 21.0. The zero-order valence-electron chi connectivity index (χ0n) is 41.6. The van der Waals surface area contributed by atoms with E-state index in [0.717, 1.165) is 85.2 Å². The maximum Gasteiger partial charge on any atom is 0.348 e. The van der Waals surface area contributed by atoms with Crippen LogP contribution in [0.2, 0.25) is 0 Å². The molecule has 0 aliphatic rings. The van der Waals surface area contributed by atoms with Crippen molar-refractivity contribution in [2.45, 2.75) is 183 Å². The Balaban J connectivity index is 1.35. The predicted octanol–water partition coefficient (Wildman–Crippen LogP) is 17.9. The third kappa shape index (κ3) is 13.6. The molecular weight excluding hydrogens is 921 g/mol. The van der Waals surface area contributed by atoms with Gasteiger partial charge in [0, 0.05) is 32.6 Å². The van der Waals surface area contributed by atoms with Gasteiger partial charge in [-0.25, -0.2) is 9.59 Å². The van der Waals surface area contributed by atoms with Crippen molar-refractivity contribution < 1.29 is 19.1 Å². The predicted molar refractivity (Wildman–Crippen MR) is 292 cm³/mol. The number of esters is 2. The third-order valence-corrected chi connectivity index (χ3v) is 18.3. The Labute approximate surface area is 421 Å². The topological polar surface area (TPSA) is 110 Å². The van der Waals surface area contributed by atoms with Crippen LogP contribution in [0.25, 0.3) is 62.8 Å². The first-order valence-corrected chi connectivity index (χ1v) is 29.2.